The zero-order valence-corrected chi connectivity index (χ0v) is 12.7. The predicted octanol–water partition coefficient (Wildman–Crippen LogP) is 0.746. The summed E-state index contributed by atoms with van der Waals surface area (Å²) in [5.74, 6) is -1.18. The minimum atomic E-state index is -1.07. The fraction of sp³-hybridized carbons (Fsp3) is 0.857. The molecular weight excluding hydrogens is 260 g/mol. The van der Waals surface area contributed by atoms with Crippen LogP contribution in [-0.4, -0.2) is 42.3 Å². The number of carboxylic acid groups (broad SMARTS) is 1. The second-order valence-corrected chi connectivity index (χ2v) is 7.09. The predicted molar refractivity (Wildman–Crippen MR) is 75.2 cm³/mol. The molecule has 0 aromatic carbocycles. The molecule has 0 aliphatic carbocycles. The van der Waals surface area contributed by atoms with Crippen LogP contribution >= 0.6 is 0 Å². The second kappa shape index (κ2) is 6.10. The molecule has 3 atom stereocenters. The van der Waals surface area contributed by atoms with Crippen molar-refractivity contribution in [3.8, 4) is 0 Å². The van der Waals surface area contributed by atoms with Crippen LogP contribution in [0.25, 0.3) is 0 Å². The second-order valence-electron chi connectivity index (χ2n) is 7.09. The van der Waals surface area contributed by atoms with Gasteiger partial charge < -0.3 is 20.9 Å². The fourth-order valence-corrected chi connectivity index (χ4v) is 2.44. The summed E-state index contributed by atoms with van der Waals surface area (Å²) in [7, 11) is 0. The normalized spacial score (nSPS) is 28.1. The molecule has 1 aliphatic heterocycles. The number of carbonyl (C=O) groups excluding carboxylic acids is 1. The Labute approximate surface area is 120 Å². The number of hydrogen-bond acceptors (Lipinski definition) is 4. The van der Waals surface area contributed by atoms with Gasteiger partial charge in [0, 0.05) is 12.5 Å². The van der Waals surface area contributed by atoms with Crippen molar-refractivity contribution in [2.45, 2.75) is 52.6 Å². The summed E-state index contributed by atoms with van der Waals surface area (Å²) in [6.07, 6.45) is 0.932. The van der Waals surface area contributed by atoms with Crippen molar-refractivity contribution in [1.29, 1.82) is 0 Å². The number of carboxylic acids is 1. The van der Waals surface area contributed by atoms with E-state index in [1.165, 1.54) is 0 Å². The molecule has 0 saturated carbocycles. The first kappa shape index (κ1) is 16.9. The average molecular weight is 286 g/mol. The molecule has 1 fully saturated rings. The van der Waals surface area contributed by atoms with Crippen molar-refractivity contribution in [1.82, 2.24) is 5.32 Å². The molecule has 1 aliphatic rings. The Balaban J connectivity index is 2.52. The lowest BCUT2D eigenvalue weighted by Crippen LogP contribution is -2.50. The van der Waals surface area contributed by atoms with E-state index in [2.05, 4.69) is 26.1 Å². The van der Waals surface area contributed by atoms with Gasteiger partial charge >= 0.3 is 5.97 Å². The fourth-order valence-electron chi connectivity index (χ4n) is 2.44. The van der Waals surface area contributed by atoms with Crippen LogP contribution in [0.15, 0.2) is 0 Å². The molecule has 4 N–H and O–H groups in total. The number of carbonyl (C=O) groups is 2. The molecule has 0 spiro atoms. The van der Waals surface area contributed by atoms with E-state index in [0.717, 1.165) is 6.42 Å². The Morgan fingerprint density at radius 3 is 2.60 bits per heavy atom. The van der Waals surface area contributed by atoms with Crippen molar-refractivity contribution in [2.24, 2.45) is 16.6 Å². The third kappa shape index (κ3) is 4.45. The van der Waals surface area contributed by atoms with Gasteiger partial charge in [-0.05, 0) is 18.8 Å². The Kier molecular flexibility index (Phi) is 5.15. The summed E-state index contributed by atoms with van der Waals surface area (Å²) in [5.41, 5.74) is 4.95. The van der Waals surface area contributed by atoms with Crippen molar-refractivity contribution in [3.63, 3.8) is 0 Å². The minimum Gasteiger partial charge on any atom is -0.481 e. The SMILES string of the molecule is CC(C)(C)CC(N)CC(=O)NC1COCC1(C)C(=O)O. The Hall–Kier alpha value is -1.14. The number of nitrogens with one attached hydrogen (secondary N) is 1. The highest BCUT2D eigenvalue weighted by atomic mass is 16.5. The van der Waals surface area contributed by atoms with Gasteiger partial charge in [0.05, 0.1) is 19.3 Å². The molecule has 0 radical (unpaired) electrons. The molecule has 3 unspecified atom stereocenters. The largest absolute Gasteiger partial charge is 0.481 e. The lowest BCUT2D eigenvalue weighted by Gasteiger charge is -2.27. The topological polar surface area (TPSA) is 102 Å². The molecule has 116 valence electrons. The van der Waals surface area contributed by atoms with Crippen molar-refractivity contribution in [2.75, 3.05) is 13.2 Å². The number of hydrogen-bond donors (Lipinski definition) is 3. The molecule has 6 nitrogen and oxygen atoms in total. The van der Waals surface area contributed by atoms with E-state index in [1.54, 1.807) is 6.92 Å². The van der Waals surface area contributed by atoms with Crippen LogP contribution < -0.4 is 11.1 Å². The maximum atomic E-state index is 12.0. The average Bonchev–Trinajstić information content (AvgIpc) is 2.58. The van der Waals surface area contributed by atoms with Crippen LogP contribution in [0.3, 0.4) is 0 Å². The van der Waals surface area contributed by atoms with E-state index < -0.39 is 17.4 Å². The van der Waals surface area contributed by atoms with E-state index in [-0.39, 0.29) is 37.0 Å². The smallest absolute Gasteiger partial charge is 0.313 e. The molecule has 1 saturated heterocycles. The lowest BCUT2D eigenvalue weighted by atomic mass is 9.85. The van der Waals surface area contributed by atoms with Crippen molar-refractivity contribution in [3.05, 3.63) is 0 Å². The summed E-state index contributed by atoms with van der Waals surface area (Å²) < 4.78 is 5.19. The zero-order valence-electron chi connectivity index (χ0n) is 12.7. The highest BCUT2D eigenvalue weighted by Gasteiger charge is 2.47. The molecule has 1 heterocycles. The highest BCUT2D eigenvalue weighted by Crippen LogP contribution is 2.29. The number of ether oxygens (including phenoxy) is 1. The first-order valence-corrected chi connectivity index (χ1v) is 6.91. The van der Waals surface area contributed by atoms with Crippen LogP contribution in [0.5, 0.6) is 0 Å². The van der Waals surface area contributed by atoms with Gasteiger partial charge in [0.1, 0.15) is 5.41 Å². The number of aliphatic carboxylic acids is 1. The van der Waals surface area contributed by atoms with Crippen LogP contribution in [0.4, 0.5) is 0 Å². The number of nitrogens with two attached hydrogens (primary N) is 1. The summed E-state index contributed by atoms with van der Waals surface area (Å²) in [4.78, 5) is 23.2. The van der Waals surface area contributed by atoms with Gasteiger partial charge in [-0.3, -0.25) is 9.59 Å². The quantitative estimate of drug-likeness (QED) is 0.692. The van der Waals surface area contributed by atoms with Gasteiger partial charge in [0.25, 0.3) is 0 Å². The molecule has 1 amide bonds. The first-order valence-electron chi connectivity index (χ1n) is 6.91. The van der Waals surface area contributed by atoms with Gasteiger partial charge in [0.15, 0.2) is 0 Å². The summed E-state index contributed by atoms with van der Waals surface area (Å²) in [5, 5.41) is 12.0. The highest BCUT2D eigenvalue weighted by molar-refractivity contribution is 5.80. The summed E-state index contributed by atoms with van der Waals surface area (Å²) >= 11 is 0. The standard InChI is InChI=1S/C14H26N2O4/c1-13(2,3)6-9(15)5-11(17)16-10-7-20-8-14(10,4)12(18)19/h9-10H,5-8,15H2,1-4H3,(H,16,17)(H,18,19). The third-order valence-corrected chi connectivity index (χ3v) is 3.60. The Morgan fingerprint density at radius 2 is 2.10 bits per heavy atom. The molecule has 0 bridgehead atoms. The maximum absolute atomic E-state index is 12.0. The van der Waals surface area contributed by atoms with E-state index >= 15 is 0 Å². The minimum absolute atomic E-state index is 0.0613. The van der Waals surface area contributed by atoms with Gasteiger partial charge in [-0.2, -0.15) is 0 Å². The van der Waals surface area contributed by atoms with E-state index in [9.17, 15) is 14.7 Å². The molecule has 0 aromatic heterocycles. The van der Waals surface area contributed by atoms with E-state index in [0.29, 0.717) is 0 Å². The molecule has 0 aromatic rings. The van der Waals surface area contributed by atoms with Crippen LogP contribution in [0, 0.1) is 10.8 Å². The maximum Gasteiger partial charge on any atom is 0.313 e. The molecular formula is C14H26N2O4. The number of amides is 1. The van der Waals surface area contributed by atoms with Crippen LogP contribution in [-0.2, 0) is 14.3 Å². The number of rotatable bonds is 5. The first-order chi connectivity index (χ1) is 9.04. The lowest BCUT2D eigenvalue weighted by molar-refractivity contribution is -0.149. The Bertz CT molecular complexity index is 378. The van der Waals surface area contributed by atoms with Gasteiger partial charge in [-0.15, -0.1) is 0 Å². The molecule has 20 heavy (non-hydrogen) atoms. The monoisotopic (exact) mass is 286 g/mol. The van der Waals surface area contributed by atoms with Crippen LogP contribution in [0.2, 0.25) is 0 Å². The van der Waals surface area contributed by atoms with Gasteiger partial charge in [0.2, 0.25) is 5.91 Å². The summed E-state index contributed by atoms with van der Waals surface area (Å²) in [6, 6.07) is -0.734. The molecule has 1 rings (SSSR count). The Morgan fingerprint density at radius 1 is 1.50 bits per heavy atom. The zero-order chi connectivity index (χ0) is 15.6. The van der Waals surface area contributed by atoms with Gasteiger partial charge in [-0.25, -0.2) is 0 Å². The van der Waals surface area contributed by atoms with Crippen molar-refractivity contribution < 1.29 is 19.4 Å². The summed E-state index contributed by atoms with van der Waals surface area (Å²) in [6.45, 7) is 8.12. The third-order valence-electron chi connectivity index (χ3n) is 3.60. The van der Waals surface area contributed by atoms with Crippen molar-refractivity contribution >= 4 is 11.9 Å². The molecule has 6 heteroatoms. The van der Waals surface area contributed by atoms with Crippen LogP contribution in [0.1, 0.15) is 40.5 Å². The van der Waals surface area contributed by atoms with E-state index in [1.807, 2.05) is 0 Å². The van der Waals surface area contributed by atoms with E-state index in [4.69, 9.17) is 10.5 Å². The van der Waals surface area contributed by atoms with Gasteiger partial charge in [-0.1, -0.05) is 20.8 Å².